The van der Waals surface area contributed by atoms with Gasteiger partial charge in [0.05, 0.1) is 33.7 Å². The monoisotopic (exact) mass is 280 g/mol. The van der Waals surface area contributed by atoms with Crippen LogP contribution in [0.25, 0.3) is 0 Å². The maximum absolute atomic E-state index is 6.09. The van der Waals surface area contributed by atoms with Crippen molar-refractivity contribution in [2.24, 2.45) is 0 Å². The highest BCUT2D eigenvalue weighted by Crippen LogP contribution is 2.37. The van der Waals surface area contributed by atoms with Gasteiger partial charge in [-0.25, -0.2) is 0 Å². The first-order valence-corrected chi connectivity index (χ1v) is 5.91. The summed E-state index contributed by atoms with van der Waals surface area (Å²) in [5.74, 6) is 0. The van der Waals surface area contributed by atoms with E-state index < -0.39 is 21.5 Å². The molecule has 0 radical (unpaired) electrons. The molecule has 1 aliphatic carbocycles. The normalized spacial score (nSPS) is 49.3. The molecule has 6 heteroatoms. The zero-order valence-corrected chi connectivity index (χ0v) is 10.8. The van der Waals surface area contributed by atoms with Crippen molar-refractivity contribution in [2.75, 3.05) is 14.2 Å². The Bertz CT molecular complexity index is 156. The molecule has 0 bridgehead atoms. The molecule has 1 fully saturated rings. The number of methoxy groups -OCH3 is 2. The molecule has 0 aromatic heterocycles. The van der Waals surface area contributed by atoms with Crippen LogP contribution in [0, 0.1) is 0 Å². The van der Waals surface area contributed by atoms with Crippen molar-refractivity contribution >= 4 is 46.4 Å². The third-order valence-electron chi connectivity index (χ3n) is 2.41. The first kappa shape index (κ1) is 13.1. The lowest BCUT2D eigenvalue weighted by atomic mass is 9.93. The SMILES string of the molecule is COC1C(Cl)C(Cl)C(OC)C(Cl)C1Cl. The molecule has 0 heterocycles. The van der Waals surface area contributed by atoms with Crippen LogP contribution in [0.4, 0.5) is 0 Å². The lowest BCUT2D eigenvalue weighted by Gasteiger charge is -2.41. The van der Waals surface area contributed by atoms with Crippen LogP contribution in [0.2, 0.25) is 0 Å². The van der Waals surface area contributed by atoms with E-state index in [9.17, 15) is 0 Å². The average molecular weight is 282 g/mol. The molecule has 0 aromatic rings. The van der Waals surface area contributed by atoms with Crippen molar-refractivity contribution in [3.05, 3.63) is 0 Å². The topological polar surface area (TPSA) is 18.5 Å². The Kier molecular flexibility index (Phi) is 5.09. The fourth-order valence-corrected chi connectivity index (χ4v) is 3.36. The van der Waals surface area contributed by atoms with Gasteiger partial charge in [-0.2, -0.15) is 0 Å². The molecule has 0 spiro atoms. The predicted octanol–water partition coefficient (Wildman–Crippen LogP) is 2.46. The van der Waals surface area contributed by atoms with Crippen LogP contribution in [0.1, 0.15) is 0 Å². The number of hydrogen-bond acceptors (Lipinski definition) is 2. The number of alkyl halides is 4. The lowest BCUT2D eigenvalue weighted by Crippen LogP contribution is -2.57. The first-order chi connectivity index (χ1) is 6.54. The van der Waals surface area contributed by atoms with Crippen LogP contribution in [-0.2, 0) is 9.47 Å². The van der Waals surface area contributed by atoms with Crippen LogP contribution < -0.4 is 0 Å². The van der Waals surface area contributed by atoms with Gasteiger partial charge in [-0.05, 0) is 0 Å². The summed E-state index contributed by atoms with van der Waals surface area (Å²) in [6, 6.07) is 0. The number of hydrogen-bond donors (Lipinski definition) is 0. The van der Waals surface area contributed by atoms with Crippen molar-refractivity contribution in [3.8, 4) is 0 Å². The second kappa shape index (κ2) is 5.42. The van der Waals surface area contributed by atoms with Crippen LogP contribution in [0.5, 0.6) is 0 Å². The second-order valence-corrected chi connectivity index (χ2v) is 5.19. The van der Waals surface area contributed by atoms with Gasteiger partial charge in [0, 0.05) is 14.2 Å². The van der Waals surface area contributed by atoms with E-state index in [1.807, 2.05) is 0 Å². The van der Waals surface area contributed by atoms with E-state index in [0.717, 1.165) is 0 Å². The Morgan fingerprint density at radius 2 is 0.857 bits per heavy atom. The second-order valence-electron chi connectivity index (χ2n) is 3.18. The van der Waals surface area contributed by atoms with Gasteiger partial charge in [0.1, 0.15) is 0 Å². The molecular formula is C8H12Cl4O2. The number of ether oxygens (including phenoxy) is 2. The van der Waals surface area contributed by atoms with Gasteiger partial charge in [0.15, 0.2) is 0 Å². The maximum atomic E-state index is 6.09. The van der Waals surface area contributed by atoms with Crippen molar-refractivity contribution in [1.82, 2.24) is 0 Å². The molecule has 0 amide bonds. The van der Waals surface area contributed by atoms with E-state index in [2.05, 4.69) is 0 Å². The van der Waals surface area contributed by atoms with Crippen molar-refractivity contribution in [2.45, 2.75) is 33.7 Å². The zero-order valence-electron chi connectivity index (χ0n) is 7.79. The lowest BCUT2D eigenvalue weighted by molar-refractivity contribution is 0.0165. The smallest absolute Gasteiger partial charge is 0.0928 e. The maximum Gasteiger partial charge on any atom is 0.0928 e. The summed E-state index contributed by atoms with van der Waals surface area (Å²) in [5.41, 5.74) is 0. The Balaban J connectivity index is 2.81. The van der Waals surface area contributed by atoms with E-state index in [0.29, 0.717) is 0 Å². The van der Waals surface area contributed by atoms with Crippen LogP contribution in [-0.4, -0.2) is 47.9 Å². The summed E-state index contributed by atoms with van der Waals surface area (Å²) in [6.07, 6.45) is -0.704. The third-order valence-corrected chi connectivity index (χ3v) is 4.75. The molecule has 2 nitrogen and oxygen atoms in total. The van der Waals surface area contributed by atoms with Crippen molar-refractivity contribution in [1.29, 1.82) is 0 Å². The fourth-order valence-electron chi connectivity index (χ4n) is 1.60. The molecule has 4 atom stereocenters. The molecule has 0 saturated heterocycles. The van der Waals surface area contributed by atoms with Gasteiger partial charge in [0.25, 0.3) is 0 Å². The van der Waals surface area contributed by atoms with Crippen LogP contribution >= 0.6 is 46.4 Å². The Hall–Kier alpha value is 1.08. The van der Waals surface area contributed by atoms with Crippen LogP contribution in [0.3, 0.4) is 0 Å². The van der Waals surface area contributed by atoms with E-state index in [4.69, 9.17) is 55.9 Å². The van der Waals surface area contributed by atoms with Crippen molar-refractivity contribution in [3.63, 3.8) is 0 Å². The van der Waals surface area contributed by atoms with E-state index in [-0.39, 0.29) is 12.2 Å². The molecule has 84 valence electrons. The molecule has 1 rings (SSSR count). The van der Waals surface area contributed by atoms with Gasteiger partial charge < -0.3 is 9.47 Å². The van der Waals surface area contributed by atoms with Gasteiger partial charge in [-0.15, -0.1) is 46.4 Å². The molecule has 0 aliphatic heterocycles. The standard InChI is InChI=1S/C8H12Cl4O2/c1-13-7-3(9)5(11)8(14-2)6(12)4(7)10/h3-8H,1-2H3. The molecule has 0 aromatic carbocycles. The highest BCUT2D eigenvalue weighted by Gasteiger charge is 2.48. The van der Waals surface area contributed by atoms with Gasteiger partial charge >= 0.3 is 0 Å². The highest BCUT2D eigenvalue weighted by molar-refractivity contribution is 6.35. The summed E-state index contributed by atoms with van der Waals surface area (Å²) in [4.78, 5) is 0. The molecule has 4 unspecified atom stereocenters. The fraction of sp³-hybridized carbons (Fsp3) is 1.00. The quantitative estimate of drug-likeness (QED) is 0.724. The Labute approximate surface area is 104 Å². The van der Waals surface area contributed by atoms with Gasteiger partial charge in [0.2, 0.25) is 0 Å². The summed E-state index contributed by atoms with van der Waals surface area (Å²) < 4.78 is 10.3. The summed E-state index contributed by atoms with van der Waals surface area (Å²) in [5, 5.41) is -1.60. The van der Waals surface area contributed by atoms with Gasteiger partial charge in [-0.1, -0.05) is 0 Å². The van der Waals surface area contributed by atoms with E-state index in [1.165, 1.54) is 14.2 Å². The first-order valence-electron chi connectivity index (χ1n) is 4.16. The molecular weight excluding hydrogens is 270 g/mol. The average Bonchev–Trinajstić information content (AvgIpc) is 2.17. The largest absolute Gasteiger partial charge is 0.378 e. The Morgan fingerprint density at radius 3 is 1.00 bits per heavy atom. The predicted molar refractivity (Wildman–Crippen MR) is 60.2 cm³/mol. The van der Waals surface area contributed by atoms with Gasteiger partial charge in [-0.3, -0.25) is 0 Å². The minimum atomic E-state index is -0.399. The number of rotatable bonds is 2. The summed E-state index contributed by atoms with van der Waals surface area (Å²) in [6.45, 7) is 0. The highest BCUT2D eigenvalue weighted by atomic mass is 35.5. The summed E-state index contributed by atoms with van der Waals surface area (Å²) >= 11 is 24.3. The summed E-state index contributed by atoms with van der Waals surface area (Å²) in [7, 11) is 3.07. The number of halogens is 4. The molecule has 1 aliphatic rings. The van der Waals surface area contributed by atoms with Crippen molar-refractivity contribution < 1.29 is 9.47 Å². The van der Waals surface area contributed by atoms with E-state index >= 15 is 0 Å². The van der Waals surface area contributed by atoms with E-state index in [1.54, 1.807) is 0 Å². The minimum absolute atomic E-state index is 0.352. The molecule has 14 heavy (non-hydrogen) atoms. The third kappa shape index (κ3) is 2.26. The zero-order chi connectivity index (χ0) is 10.9. The molecule has 1 saturated carbocycles. The minimum Gasteiger partial charge on any atom is -0.378 e. The van der Waals surface area contributed by atoms with Crippen LogP contribution in [0.15, 0.2) is 0 Å². The molecule has 0 N–H and O–H groups in total. The Morgan fingerprint density at radius 1 is 0.643 bits per heavy atom.